The Kier molecular flexibility index (Phi) is 6.44. The Morgan fingerprint density at radius 3 is 1.72 bits per heavy atom. The van der Waals surface area contributed by atoms with Gasteiger partial charge in [-0.05, 0) is 22.8 Å². The highest BCUT2D eigenvalue weighted by molar-refractivity contribution is 7.97. The summed E-state index contributed by atoms with van der Waals surface area (Å²) in [5, 5.41) is 0. The van der Waals surface area contributed by atoms with Gasteiger partial charge in [-0.25, -0.2) is 8.42 Å². The van der Waals surface area contributed by atoms with Crippen LogP contribution in [0.25, 0.3) is 5.57 Å². The molecule has 0 spiro atoms. The molecule has 6 heteroatoms. The molecule has 0 fully saturated rings. The van der Waals surface area contributed by atoms with Gasteiger partial charge in [-0.15, -0.1) is 0 Å². The van der Waals surface area contributed by atoms with Crippen LogP contribution in [0.1, 0.15) is 22.3 Å². The van der Waals surface area contributed by atoms with Crippen molar-refractivity contribution in [3.63, 3.8) is 0 Å². The lowest BCUT2D eigenvalue weighted by Gasteiger charge is -2.33. The maximum atomic E-state index is 14.3. The topological polar surface area (TPSA) is 57.7 Å². The minimum absolute atomic E-state index is 0.207. The number of benzene rings is 4. The van der Waals surface area contributed by atoms with E-state index in [0.717, 1.165) is 11.1 Å². The van der Waals surface area contributed by atoms with Gasteiger partial charge in [0.15, 0.2) is 4.91 Å². The van der Waals surface area contributed by atoms with Crippen molar-refractivity contribution in [2.24, 2.45) is 0 Å². The third-order valence-electron chi connectivity index (χ3n) is 6.33. The Labute approximate surface area is 212 Å². The summed E-state index contributed by atoms with van der Waals surface area (Å²) in [5.41, 5.74) is 4.22. The Bertz CT molecular complexity index is 1470. The summed E-state index contributed by atoms with van der Waals surface area (Å²) in [7, 11) is -2.62. The standard InChI is InChI=1S/C30H26N2O3S/c1-31-27-20-12-11-19-26(27)28(25-17-9-4-10-18-25)29(36(31,34)35)30(33)32(21-23-13-5-2-6-14-23)22-24-15-7-3-8-16-24/h2-20H,21-22H2,1H3. The fourth-order valence-corrected chi connectivity index (χ4v) is 6.06. The smallest absolute Gasteiger partial charge is 0.270 e. The lowest BCUT2D eigenvalue weighted by Crippen LogP contribution is -2.41. The molecule has 1 amide bonds. The van der Waals surface area contributed by atoms with Gasteiger partial charge in [0.05, 0.1) is 5.69 Å². The van der Waals surface area contributed by atoms with Crippen LogP contribution in [0.5, 0.6) is 0 Å². The summed E-state index contributed by atoms with van der Waals surface area (Å²) >= 11 is 0. The first-order chi connectivity index (χ1) is 17.5. The van der Waals surface area contributed by atoms with Crippen molar-refractivity contribution < 1.29 is 13.2 Å². The van der Waals surface area contributed by atoms with Gasteiger partial charge in [-0.3, -0.25) is 9.10 Å². The van der Waals surface area contributed by atoms with Crippen molar-refractivity contribution in [2.45, 2.75) is 13.1 Å². The molecule has 4 aromatic rings. The number of para-hydroxylation sites is 1. The first-order valence-corrected chi connectivity index (χ1v) is 13.2. The summed E-state index contributed by atoms with van der Waals surface area (Å²) < 4.78 is 29.1. The minimum atomic E-state index is -4.12. The van der Waals surface area contributed by atoms with Crippen molar-refractivity contribution in [3.05, 3.63) is 142 Å². The number of rotatable bonds is 6. The summed E-state index contributed by atoms with van der Waals surface area (Å²) in [4.78, 5) is 15.7. The zero-order valence-electron chi connectivity index (χ0n) is 19.9. The molecule has 5 nitrogen and oxygen atoms in total. The molecule has 0 aromatic heterocycles. The maximum absolute atomic E-state index is 14.3. The number of sulfonamides is 1. The molecule has 0 unspecified atom stereocenters. The van der Waals surface area contributed by atoms with Crippen LogP contribution in [0.3, 0.4) is 0 Å². The van der Waals surface area contributed by atoms with Crippen molar-refractivity contribution in [3.8, 4) is 0 Å². The predicted molar refractivity (Wildman–Crippen MR) is 143 cm³/mol. The molecule has 1 aliphatic heterocycles. The molecule has 4 aromatic carbocycles. The zero-order valence-corrected chi connectivity index (χ0v) is 20.7. The van der Waals surface area contributed by atoms with Gasteiger partial charge in [0.25, 0.3) is 15.9 Å². The van der Waals surface area contributed by atoms with Crippen LogP contribution in [-0.2, 0) is 27.9 Å². The predicted octanol–water partition coefficient (Wildman–Crippen LogP) is 5.45. The molecule has 0 aliphatic carbocycles. The van der Waals surface area contributed by atoms with E-state index in [2.05, 4.69) is 0 Å². The quantitative estimate of drug-likeness (QED) is 0.358. The molecule has 36 heavy (non-hydrogen) atoms. The second kappa shape index (κ2) is 9.84. The number of anilines is 1. The summed E-state index contributed by atoms with van der Waals surface area (Å²) in [6.07, 6.45) is 0. The van der Waals surface area contributed by atoms with Crippen LogP contribution in [0.4, 0.5) is 5.69 Å². The monoisotopic (exact) mass is 494 g/mol. The normalized spacial score (nSPS) is 14.3. The molecular formula is C30H26N2O3S. The van der Waals surface area contributed by atoms with Crippen LogP contribution in [0, 0.1) is 0 Å². The molecule has 5 rings (SSSR count). The van der Waals surface area contributed by atoms with E-state index in [9.17, 15) is 13.2 Å². The van der Waals surface area contributed by atoms with Gasteiger partial charge in [-0.1, -0.05) is 109 Å². The van der Waals surface area contributed by atoms with Gasteiger partial charge in [0, 0.05) is 31.3 Å². The van der Waals surface area contributed by atoms with E-state index in [1.807, 2.05) is 103 Å². The highest BCUT2D eigenvalue weighted by Crippen LogP contribution is 2.42. The van der Waals surface area contributed by atoms with Crippen LogP contribution < -0.4 is 4.31 Å². The average molecular weight is 495 g/mol. The number of carbonyl (C=O) groups is 1. The van der Waals surface area contributed by atoms with Crippen molar-refractivity contribution in [2.75, 3.05) is 11.4 Å². The first kappa shape index (κ1) is 23.6. The number of hydrogen-bond donors (Lipinski definition) is 0. The van der Waals surface area contributed by atoms with Gasteiger partial charge >= 0.3 is 0 Å². The molecule has 1 aliphatic rings. The van der Waals surface area contributed by atoms with Crippen molar-refractivity contribution in [1.29, 1.82) is 0 Å². The van der Waals surface area contributed by atoms with E-state index < -0.39 is 15.9 Å². The lowest BCUT2D eigenvalue weighted by molar-refractivity contribution is -0.127. The highest BCUT2D eigenvalue weighted by atomic mass is 32.2. The van der Waals surface area contributed by atoms with Crippen LogP contribution >= 0.6 is 0 Å². The third-order valence-corrected chi connectivity index (χ3v) is 8.15. The van der Waals surface area contributed by atoms with Crippen LogP contribution in [-0.4, -0.2) is 26.3 Å². The number of fused-ring (bicyclic) bond motifs is 1. The second-order valence-corrected chi connectivity index (χ2v) is 10.6. The molecule has 0 atom stereocenters. The number of nitrogens with zero attached hydrogens (tertiary/aromatic N) is 2. The summed E-state index contributed by atoms with van der Waals surface area (Å²) in [5.74, 6) is -0.525. The fraction of sp³-hybridized carbons (Fsp3) is 0.100. The molecule has 180 valence electrons. The number of amides is 1. The molecule has 0 N–H and O–H groups in total. The third kappa shape index (κ3) is 4.43. The maximum Gasteiger partial charge on any atom is 0.270 e. The Morgan fingerprint density at radius 2 is 1.17 bits per heavy atom. The average Bonchev–Trinajstić information content (AvgIpc) is 2.91. The molecule has 0 radical (unpaired) electrons. The Hall–Kier alpha value is -4.16. The van der Waals surface area contributed by atoms with E-state index in [4.69, 9.17) is 0 Å². The molecule has 1 heterocycles. The largest absolute Gasteiger partial charge is 0.329 e. The molecule has 0 bridgehead atoms. The van der Waals surface area contributed by atoms with Crippen LogP contribution in [0.15, 0.2) is 120 Å². The molecule has 0 saturated heterocycles. The SMILES string of the molecule is CN1c2ccccc2C(c2ccccc2)=C(C(=O)N(Cc2ccccc2)Cc2ccccc2)S1(=O)=O. The highest BCUT2D eigenvalue weighted by Gasteiger charge is 2.41. The van der Waals surface area contributed by atoms with Gasteiger partial charge in [0.1, 0.15) is 0 Å². The van der Waals surface area contributed by atoms with Gasteiger partial charge in [0.2, 0.25) is 0 Å². The first-order valence-electron chi connectivity index (χ1n) is 11.7. The van der Waals surface area contributed by atoms with Crippen molar-refractivity contribution in [1.82, 2.24) is 4.90 Å². The van der Waals surface area contributed by atoms with Crippen molar-refractivity contribution >= 4 is 27.2 Å². The van der Waals surface area contributed by atoms with Crippen LogP contribution in [0.2, 0.25) is 0 Å². The van der Waals surface area contributed by atoms with E-state index in [1.54, 1.807) is 17.0 Å². The van der Waals surface area contributed by atoms with Gasteiger partial charge < -0.3 is 4.90 Å². The van der Waals surface area contributed by atoms with E-state index in [1.165, 1.54) is 11.4 Å². The summed E-state index contributed by atoms with van der Waals surface area (Å²) in [6.45, 7) is 0.558. The van der Waals surface area contributed by atoms with E-state index in [-0.39, 0.29) is 18.0 Å². The fourth-order valence-electron chi connectivity index (χ4n) is 4.54. The minimum Gasteiger partial charge on any atom is -0.329 e. The molecule has 0 saturated carbocycles. The Morgan fingerprint density at radius 1 is 0.694 bits per heavy atom. The Balaban J connectivity index is 1.72. The van der Waals surface area contributed by atoms with Gasteiger partial charge in [-0.2, -0.15) is 0 Å². The lowest BCUT2D eigenvalue weighted by atomic mass is 9.95. The zero-order chi connectivity index (χ0) is 25.1. The molecular weight excluding hydrogens is 468 g/mol. The summed E-state index contributed by atoms with van der Waals surface area (Å²) in [6, 6.07) is 35.8. The number of carbonyl (C=O) groups excluding carboxylic acids is 1. The second-order valence-electron chi connectivity index (χ2n) is 8.69. The van der Waals surface area contributed by atoms with E-state index in [0.29, 0.717) is 22.4 Å². The van der Waals surface area contributed by atoms with E-state index >= 15 is 0 Å². The number of hydrogen-bond acceptors (Lipinski definition) is 3.